The van der Waals surface area contributed by atoms with Crippen molar-refractivity contribution in [2.75, 3.05) is 36.8 Å². The summed E-state index contributed by atoms with van der Waals surface area (Å²) in [6, 6.07) is 5.37. The highest BCUT2D eigenvalue weighted by molar-refractivity contribution is 7.89. The molecule has 1 fully saturated rings. The van der Waals surface area contributed by atoms with Gasteiger partial charge < -0.3 is 10.6 Å². The molecule has 0 aromatic heterocycles. The average molecular weight is 298 g/mol. The Morgan fingerprint density at radius 1 is 1.15 bits per heavy atom. The SMILES string of the molecule is CC(C)N1CCN(c2ccc(N)cc2S(N)(=O)=O)CC1. The van der Waals surface area contributed by atoms with Crippen molar-refractivity contribution in [3.05, 3.63) is 18.2 Å². The van der Waals surface area contributed by atoms with Gasteiger partial charge in [-0.15, -0.1) is 0 Å². The number of sulfonamides is 1. The molecule has 0 bridgehead atoms. The maximum atomic E-state index is 11.7. The Labute approximate surface area is 120 Å². The van der Waals surface area contributed by atoms with Crippen molar-refractivity contribution >= 4 is 21.4 Å². The van der Waals surface area contributed by atoms with Gasteiger partial charge in [-0.1, -0.05) is 0 Å². The van der Waals surface area contributed by atoms with Gasteiger partial charge in [-0.25, -0.2) is 13.6 Å². The molecule has 4 N–H and O–H groups in total. The molecule has 6 nitrogen and oxygen atoms in total. The molecular formula is C13H22N4O2S. The molecule has 0 saturated carbocycles. The van der Waals surface area contributed by atoms with Crippen LogP contribution >= 0.6 is 0 Å². The number of hydrogen-bond acceptors (Lipinski definition) is 5. The van der Waals surface area contributed by atoms with E-state index in [0.717, 1.165) is 26.2 Å². The fourth-order valence-corrected chi connectivity index (χ4v) is 3.29. The van der Waals surface area contributed by atoms with E-state index in [-0.39, 0.29) is 4.90 Å². The molecule has 1 aromatic rings. The monoisotopic (exact) mass is 298 g/mol. The third kappa shape index (κ3) is 3.23. The molecule has 1 heterocycles. The lowest BCUT2D eigenvalue weighted by molar-refractivity contribution is 0.209. The first-order valence-corrected chi connectivity index (χ1v) is 8.25. The van der Waals surface area contributed by atoms with Gasteiger partial charge in [0.15, 0.2) is 0 Å². The minimum atomic E-state index is -3.77. The van der Waals surface area contributed by atoms with Gasteiger partial charge in [-0.2, -0.15) is 0 Å². The van der Waals surface area contributed by atoms with E-state index in [2.05, 4.69) is 23.6 Å². The fraction of sp³-hybridized carbons (Fsp3) is 0.538. The van der Waals surface area contributed by atoms with Crippen LogP contribution in [0.1, 0.15) is 13.8 Å². The number of nitrogen functional groups attached to an aromatic ring is 1. The van der Waals surface area contributed by atoms with E-state index >= 15 is 0 Å². The van der Waals surface area contributed by atoms with E-state index in [4.69, 9.17) is 10.9 Å². The van der Waals surface area contributed by atoms with Crippen molar-refractivity contribution in [1.29, 1.82) is 0 Å². The molecule has 0 amide bonds. The van der Waals surface area contributed by atoms with Crippen molar-refractivity contribution in [3.8, 4) is 0 Å². The molecule has 0 spiro atoms. The maximum absolute atomic E-state index is 11.7. The van der Waals surface area contributed by atoms with E-state index in [1.165, 1.54) is 6.07 Å². The summed E-state index contributed by atoms with van der Waals surface area (Å²) in [6.07, 6.45) is 0. The van der Waals surface area contributed by atoms with Crippen LogP contribution in [-0.4, -0.2) is 45.5 Å². The molecule has 112 valence electrons. The summed E-state index contributed by atoms with van der Waals surface area (Å²) >= 11 is 0. The minimum Gasteiger partial charge on any atom is -0.399 e. The van der Waals surface area contributed by atoms with Crippen LogP contribution in [-0.2, 0) is 10.0 Å². The van der Waals surface area contributed by atoms with E-state index in [0.29, 0.717) is 17.4 Å². The smallest absolute Gasteiger partial charge is 0.240 e. The van der Waals surface area contributed by atoms with Crippen LogP contribution in [0.2, 0.25) is 0 Å². The summed E-state index contributed by atoms with van der Waals surface area (Å²) in [5, 5.41) is 5.29. The second-order valence-electron chi connectivity index (χ2n) is 5.39. The van der Waals surface area contributed by atoms with Gasteiger partial charge in [-0.05, 0) is 32.0 Å². The third-order valence-electron chi connectivity index (χ3n) is 3.68. The largest absolute Gasteiger partial charge is 0.399 e. The molecular weight excluding hydrogens is 276 g/mol. The van der Waals surface area contributed by atoms with Crippen LogP contribution in [0, 0.1) is 0 Å². The molecule has 1 aromatic carbocycles. The van der Waals surface area contributed by atoms with E-state index in [1.807, 2.05) is 0 Å². The number of primary sulfonamides is 1. The van der Waals surface area contributed by atoms with E-state index < -0.39 is 10.0 Å². The molecule has 2 rings (SSSR count). The lowest BCUT2D eigenvalue weighted by Crippen LogP contribution is -2.49. The van der Waals surface area contributed by atoms with Crippen LogP contribution in [0.4, 0.5) is 11.4 Å². The number of nitrogens with two attached hydrogens (primary N) is 2. The van der Waals surface area contributed by atoms with Crippen LogP contribution in [0.3, 0.4) is 0 Å². The Morgan fingerprint density at radius 3 is 2.25 bits per heavy atom. The van der Waals surface area contributed by atoms with Crippen LogP contribution < -0.4 is 15.8 Å². The molecule has 1 aliphatic rings. The zero-order valence-electron chi connectivity index (χ0n) is 11.9. The Balaban J connectivity index is 2.27. The second kappa shape index (κ2) is 5.59. The molecule has 0 aliphatic carbocycles. The number of nitrogens with zero attached hydrogens (tertiary/aromatic N) is 2. The summed E-state index contributed by atoms with van der Waals surface area (Å²) in [5.74, 6) is 0. The number of rotatable bonds is 3. The minimum absolute atomic E-state index is 0.107. The van der Waals surface area contributed by atoms with Crippen molar-refractivity contribution < 1.29 is 8.42 Å². The van der Waals surface area contributed by atoms with Crippen LogP contribution in [0.25, 0.3) is 0 Å². The lowest BCUT2D eigenvalue weighted by Gasteiger charge is -2.38. The van der Waals surface area contributed by atoms with E-state index in [9.17, 15) is 8.42 Å². The first-order valence-electron chi connectivity index (χ1n) is 6.70. The van der Waals surface area contributed by atoms with Gasteiger partial charge in [0, 0.05) is 37.9 Å². The van der Waals surface area contributed by atoms with Gasteiger partial charge >= 0.3 is 0 Å². The Morgan fingerprint density at radius 2 is 1.75 bits per heavy atom. The Kier molecular flexibility index (Phi) is 4.22. The fourth-order valence-electron chi connectivity index (χ4n) is 2.50. The second-order valence-corrected chi connectivity index (χ2v) is 6.92. The average Bonchev–Trinajstić information content (AvgIpc) is 2.38. The zero-order valence-corrected chi connectivity index (χ0v) is 12.7. The standard InChI is InChI=1S/C13H22N4O2S/c1-10(2)16-5-7-17(8-6-16)12-4-3-11(14)9-13(12)20(15,18)19/h3-4,9-10H,5-8,14H2,1-2H3,(H2,15,18,19). The highest BCUT2D eigenvalue weighted by Gasteiger charge is 2.23. The van der Waals surface area contributed by atoms with Gasteiger partial charge in [0.25, 0.3) is 0 Å². The Bertz CT molecular complexity index is 578. The van der Waals surface area contributed by atoms with Gasteiger partial charge in [-0.3, -0.25) is 4.90 Å². The molecule has 1 aliphatic heterocycles. The van der Waals surface area contributed by atoms with Crippen LogP contribution in [0.5, 0.6) is 0 Å². The highest BCUT2D eigenvalue weighted by Crippen LogP contribution is 2.27. The topological polar surface area (TPSA) is 92.7 Å². The summed E-state index contributed by atoms with van der Waals surface area (Å²) in [6.45, 7) is 7.71. The first-order chi connectivity index (χ1) is 9.29. The van der Waals surface area contributed by atoms with Gasteiger partial charge in [0.05, 0.1) is 5.69 Å². The molecule has 1 saturated heterocycles. The van der Waals surface area contributed by atoms with Gasteiger partial charge in [0.2, 0.25) is 10.0 Å². The third-order valence-corrected chi connectivity index (χ3v) is 4.62. The quantitative estimate of drug-likeness (QED) is 0.790. The van der Waals surface area contributed by atoms with Crippen LogP contribution in [0.15, 0.2) is 23.1 Å². The molecule has 7 heteroatoms. The molecule has 0 unspecified atom stereocenters. The predicted molar refractivity (Wildman–Crippen MR) is 81.1 cm³/mol. The summed E-state index contributed by atoms with van der Waals surface area (Å²) in [5.41, 5.74) is 6.71. The lowest BCUT2D eigenvalue weighted by atomic mass is 10.2. The normalized spacial score (nSPS) is 17.7. The molecule has 0 radical (unpaired) electrons. The highest BCUT2D eigenvalue weighted by atomic mass is 32.2. The summed E-state index contributed by atoms with van der Waals surface area (Å²) in [4.78, 5) is 4.53. The number of hydrogen-bond donors (Lipinski definition) is 2. The zero-order chi connectivity index (χ0) is 14.9. The van der Waals surface area contributed by atoms with Crippen molar-refractivity contribution in [1.82, 2.24) is 4.90 Å². The molecule has 0 atom stereocenters. The predicted octanol–water partition coefficient (Wildman–Crippen LogP) is 0.447. The maximum Gasteiger partial charge on any atom is 0.240 e. The Hall–Kier alpha value is -1.31. The van der Waals surface area contributed by atoms with Crippen molar-refractivity contribution in [2.45, 2.75) is 24.8 Å². The van der Waals surface area contributed by atoms with Gasteiger partial charge in [0.1, 0.15) is 4.90 Å². The number of piperazine rings is 1. The number of benzene rings is 1. The summed E-state index contributed by atoms with van der Waals surface area (Å²) in [7, 11) is -3.77. The summed E-state index contributed by atoms with van der Waals surface area (Å²) < 4.78 is 23.4. The van der Waals surface area contributed by atoms with E-state index in [1.54, 1.807) is 12.1 Å². The van der Waals surface area contributed by atoms with Crippen molar-refractivity contribution in [2.24, 2.45) is 5.14 Å². The molecule has 20 heavy (non-hydrogen) atoms. The number of anilines is 2. The first kappa shape index (κ1) is 15.1. The van der Waals surface area contributed by atoms with Crippen molar-refractivity contribution in [3.63, 3.8) is 0 Å².